The molecule has 3 aromatic carbocycles. The molecule has 0 bridgehead atoms. The molecule has 6 nitrogen and oxygen atoms in total. The van der Waals surface area contributed by atoms with E-state index in [-0.39, 0.29) is 24.4 Å². The topological polar surface area (TPSA) is 79.5 Å². The average molecular weight is 438 g/mol. The van der Waals surface area contributed by atoms with Gasteiger partial charge in [-0.3, -0.25) is 9.59 Å². The summed E-state index contributed by atoms with van der Waals surface area (Å²) >= 11 is 6.07. The highest BCUT2D eigenvalue weighted by Gasteiger charge is 2.11. The molecule has 160 valence electrons. The minimum absolute atomic E-state index is 0.0697. The molecule has 7 heteroatoms. The molecular weight excluding hydrogens is 414 g/mol. The Labute approximate surface area is 186 Å². The zero-order chi connectivity index (χ0) is 22.2. The van der Waals surface area contributed by atoms with Crippen LogP contribution in [0.4, 0.5) is 11.4 Å². The largest absolute Gasteiger partial charge is 0.495 e. The molecule has 1 atom stereocenters. The Morgan fingerprint density at radius 2 is 1.65 bits per heavy atom. The van der Waals surface area contributed by atoms with Gasteiger partial charge >= 0.3 is 0 Å². The fraction of sp³-hybridized carbons (Fsp3) is 0.167. The lowest BCUT2D eigenvalue weighted by Gasteiger charge is -2.14. The number of nitrogens with one attached hydrogen (secondary N) is 3. The number of amides is 2. The quantitative estimate of drug-likeness (QED) is 0.468. The summed E-state index contributed by atoms with van der Waals surface area (Å²) in [6.45, 7) is 2.01. The number of hydrogen-bond acceptors (Lipinski definition) is 4. The van der Waals surface area contributed by atoms with Gasteiger partial charge in [-0.2, -0.15) is 0 Å². The van der Waals surface area contributed by atoms with Gasteiger partial charge in [-0.25, -0.2) is 0 Å². The van der Waals surface area contributed by atoms with E-state index in [9.17, 15) is 9.59 Å². The molecule has 3 rings (SSSR count). The van der Waals surface area contributed by atoms with Gasteiger partial charge in [0.15, 0.2) is 0 Å². The SMILES string of the molecule is COc1ccc(NC(=O)CNc2ccc(C(=O)NC(C)c3ccccc3)cc2)cc1Cl. The zero-order valence-corrected chi connectivity index (χ0v) is 18.1. The molecule has 0 spiro atoms. The van der Waals surface area contributed by atoms with E-state index in [1.807, 2.05) is 37.3 Å². The van der Waals surface area contributed by atoms with E-state index < -0.39 is 0 Å². The maximum Gasteiger partial charge on any atom is 0.251 e. The maximum absolute atomic E-state index is 12.5. The van der Waals surface area contributed by atoms with Gasteiger partial charge in [0.05, 0.1) is 24.7 Å². The first-order chi connectivity index (χ1) is 15.0. The summed E-state index contributed by atoms with van der Waals surface area (Å²) < 4.78 is 5.09. The standard InChI is InChI=1S/C24H24ClN3O3/c1-16(17-6-4-3-5-7-17)27-24(30)18-8-10-19(11-9-18)26-15-23(29)28-20-12-13-22(31-2)21(25)14-20/h3-14,16,26H,15H2,1-2H3,(H,27,30)(H,28,29). The number of carbonyl (C=O) groups excluding carboxylic acids is 2. The van der Waals surface area contributed by atoms with Gasteiger partial charge in [-0.15, -0.1) is 0 Å². The molecule has 2 amide bonds. The first-order valence-electron chi connectivity index (χ1n) is 9.79. The van der Waals surface area contributed by atoms with Crippen LogP contribution in [0.1, 0.15) is 28.9 Å². The summed E-state index contributed by atoms with van der Waals surface area (Å²) in [5, 5.41) is 9.20. The third-order valence-corrected chi connectivity index (χ3v) is 4.98. The normalized spacial score (nSPS) is 11.3. The van der Waals surface area contributed by atoms with Crippen molar-refractivity contribution in [2.75, 3.05) is 24.3 Å². The predicted molar refractivity (Wildman–Crippen MR) is 124 cm³/mol. The number of hydrogen-bond donors (Lipinski definition) is 3. The van der Waals surface area contributed by atoms with E-state index in [0.29, 0.717) is 22.0 Å². The lowest BCUT2D eigenvalue weighted by atomic mass is 10.1. The van der Waals surface area contributed by atoms with Crippen LogP contribution < -0.4 is 20.7 Å². The molecule has 0 radical (unpaired) electrons. The van der Waals surface area contributed by atoms with Crippen molar-refractivity contribution in [3.8, 4) is 5.75 Å². The van der Waals surface area contributed by atoms with E-state index in [1.165, 1.54) is 7.11 Å². The first-order valence-corrected chi connectivity index (χ1v) is 10.2. The molecule has 0 saturated carbocycles. The zero-order valence-electron chi connectivity index (χ0n) is 17.3. The molecule has 0 aliphatic heterocycles. The van der Waals surface area contributed by atoms with Crippen LogP contribution in [0.2, 0.25) is 5.02 Å². The monoisotopic (exact) mass is 437 g/mol. The van der Waals surface area contributed by atoms with E-state index in [1.54, 1.807) is 42.5 Å². The van der Waals surface area contributed by atoms with Crippen LogP contribution in [-0.4, -0.2) is 25.5 Å². The van der Waals surface area contributed by atoms with Gasteiger partial charge in [0.2, 0.25) is 5.91 Å². The smallest absolute Gasteiger partial charge is 0.251 e. The number of carbonyl (C=O) groups is 2. The summed E-state index contributed by atoms with van der Waals surface area (Å²) in [5.41, 5.74) is 2.90. The summed E-state index contributed by atoms with van der Waals surface area (Å²) in [4.78, 5) is 24.6. The van der Waals surface area contributed by atoms with Gasteiger partial charge in [-0.1, -0.05) is 41.9 Å². The Morgan fingerprint density at radius 1 is 0.968 bits per heavy atom. The Kier molecular flexibility index (Phi) is 7.51. The molecular formula is C24H24ClN3O3. The summed E-state index contributed by atoms with van der Waals surface area (Å²) in [5.74, 6) is 0.164. The Bertz CT molecular complexity index is 1040. The molecule has 1 unspecified atom stereocenters. The second-order valence-corrected chi connectivity index (χ2v) is 7.34. The highest BCUT2D eigenvalue weighted by Crippen LogP contribution is 2.27. The minimum atomic E-state index is -0.222. The van der Waals surface area contributed by atoms with E-state index in [2.05, 4.69) is 16.0 Å². The molecule has 31 heavy (non-hydrogen) atoms. The Hall–Kier alpha value is -3.51. The molecule has 0 heterocycles. The van der Waals surface area contributed by atoms with Gasteiger partial charge < -0.3 is 20.7 Å². The Morgan fingerprint density at radius 3 is 2.29 bits per heavy atom. The number of halogens is 1. The number of rotatable bonds is 8. The number of methoxy groups -OCH3 is 1. The van der Waals surface area contributed by atoms with Crippen LogP contribution in [0.5, 0.6) is 5.75 Å². The van der Waals surface area contributed by atoms with Crippen molar-refractivity contribution in [1.29, 1.82) is 0 Å². The fourth-order valence-electron chi connectivity index (χ4n) is 2.98. The highest BCUT2D eigenvalue weighted by atomic mass is 35.5. The third kappa shape index (κ3) is 6.23. The van der Waals surface area contributed by atoms with E-state index in [0.717, 1.165) is 11.3 Å². The van der Waals surface area contributed by atoms with Crippen molar-refractivity contribution in [3.05, 3.63) is 88.9 Å². The Balaban J connectivity index is 1.50. The lowest BCUT2D eigenvalue weighted by Crippen LogP contribution is -2.26. The molecule has 0 fully saturated rings. The van der Waals surface area contributed by atoms with Gasteiger partial charge in [-0.05, 0) is 55.0 Å². The van der Waals surface area contributed by atoms with Crippen LogP contribution in [0.3, 0.4) is 0 Å². The number of ether oxygens (including phenoxy) is 1. The van der Waals surface area contributed by atoms with Crippen molar-refractivity contribution in [1.82, 2.24) is 5.32 Å². The summed E-state index contributed by atoms with van der Waals surface area (Å²) in [6.07, 6.45) is 0. The van der Waals surface area contributed by atoms with Crippen LogP contribution in [0, 0.1) is 0 Å². The van der Waals surface area contributed by atoms with E-state index in [4.69, 9.17) is 16.3 Å². The number of benzene rings is 3. The molecule has 3 aromatic rings. The van der Waals surface area contributed by atoms with Crippen LogP contribution in [0.25, 0.3) is 0 Å². The van der Waals surface area contributed by atoms with Crippen molar-refractivity contribution >= 4 is 34.8 Å². The first kappa shape index (κ1) is 22.2. The highest BCUT2D eigenvalue weighted by molar-refractivity contribution is 6.32. The lowest BCUT2D eigenvalue weighted by molar-refractivity contribution is -0.114. The summed E-state index contributed by atoms with van der Waals surface area (Å²) in [7, 11) is 1.53. The van der Waals surface area contributed by atoms with Gasteiger partial charge in [0.1, 0.15) is 5.75 Å². The minimum Gasteiger partial charge on any atom is -0.495 e. The van der Waals surface area contributed by atoms with Crippen molar-refractivity contribution in [2.24, 2.45) is 0 Å². The van der Waals surface area contributed by atoms with Crippen LogP contribution in [-0.2, 0) is 4.79 Å². The molecule has 0 aromatic heterocycles. The van der Waals surface area contributed by atoms with Gasteiger partial charge in [0, 0.05) is 16.9 Å². The summed E-state index contributed by atoms with van der Waals surface area (Å²) in [6, 6.07) is 21.7. The maximum atomic E-state index is 12.5. The second-order valence-electron chi connectivity index (χ2n) is 6.93. The average Bonchev–Trinajstić information content (AvgIpc) is 2.78. The second kappa shape index (κ2) is 10.5. The molecule has 0 aliphatic rings. The van der Waals surface area contributed by atoms with E-state index >= 15 is 0 Å². The fourth-order valence-corrected chi connectivity index (χ4v) is 3.23. The molecule has 0 saturated heterocycles. The third-order valence-electron chi connectivity index (χ3n) is 4.68. The van der Waals surface area contributed by atoms with Gasteiger partial charge in [0.25, 0.3) is 5.91 Å². The van der Waals surface area contributed by atoms with Crippen molar-refractivity contribution < 1.29 is 14.3 Å². The molecule has 0 aliphatic carbocycles. The molecule has 3 N–H and O–H groups in total. The number of anilines is 2. The predicted octanol–water partition coefficient (Wildman–Crippen LogP) is 4.89. The van der Waals surface area contributed by atoms with Crippen LogP contribution >= 0.6 is 11.6 Å². The van der Waals surface area contributed by atoms with Crippen molar-refractivity contribution in [3.63, 3.8) is 0 Å². The van der Waals surface area contributed by atoms with Crippen molar-refractivity contribution in [2.45, 2.75) is 13.0 Å². The van der Waals surface area contributed by atoms with Crippen LogP contribution in [0.15, 0.2) is 72.8 Å².